The number of nitrogens with one attached hydrogen (secondary N) is 1. The lowest BCUT2D eigenvalue weighted by atomic mass is 9.52. The zero-order valence-corrected chi connectivity index (χ0v) is 17.0. The second-order valence-corrected chi connectivity index (χ2v) is 7.69. The quantitative estimate of drug-likeness (QED) is 0.568. The minimum atomic E-state index is -2.26. The first-order valence-electron chi connectivity index (χ1n) is 9.87. The molecular formula is C23H17N5O4. The average molecular weight is 427 g/mol. The smallest absolute Gasteiger partial charge is 0.275 e. The van der Waals surface area contributed by atoms with Crippen molar-refractivity contribution in [3.63, 3.8) is 0 Å². The third kappa shape index (κ3) is 2.30. The summed E-state index contributed by atoms with van der Waals surface area (Å²) in [4.78, 5) is 11.1. The highest BCUT2D eigenvalue weighted by Gasteiger charge is 2.80. The van der Waals surface area contributed by atoms with Gasteiger partial charge in [-0.05, 0) is 12.5 Å². The molecule has 0 spiro atoms. The molecule has 2 bridgehead atoms. The summed E-state index contributed by atoms with van der Waals surface area (Å²) in [6, 6.07) is 20.1. The molecule has 0 aromatic heterocycles. The van der Waals surface area contributed by atoms with Crippen molar-refractivity contribution in [2.45, 2.75) is 25.2 Å². The molecule has 4 unspecified atom stereocenters. The Bertz CT molecular complexity index is 1230. The highest BCUT2D eigenvalue weighted by molar-refractivity contribution is 5.89. The Balaban J connectivity index is 2.11. The van der Waals surface area contributed by atoms with Gasteiger partial charge in [0.2, 0.25) is 17.1 Å². The Morgan fingerprint density at radius 2 is 1.69 bits per heavy atom. The molecule has 4 rings (SSSR count). The van der Waals surface area contributed by atoms with Crippen molar-refractivity contribution in [3.8, 4) is 18.2 Å². The summed E-state index contributed by atoms with van der Waals surface area (Å²) in [6.07, 6.45) is -1.27. The molecule has 0 saturated carbocycles. The monoisotopic (exact) mass is 427 g/mol. The number of fused-ring (bicyclic) bond motifs is 2. The van der Waals surface area contributed by atoms with E-state index in [0.717, 1.165) is 0 Å². The van der Waals surface area contributed by atoms with Gasteiger partial charge in [-0.25, -0.2) is 0 Å². The number of hydrogen-bond donors (Lipinski definition) is 1. The van der Waals surface area contributed by atoms with Crippen LogP contribution in [0, 0.1) is 66.3 Å². The van der Waals surface area contributed by atoms with E-state index in [1.807, 2.05) is 12.1 Å². The zero-order valence-electron chi connectivity index (χ0n) is 17.0. The van der Waals surface area contributed by atoms with Crippen LogP contribution in [0.25, 0.3) is 0 Å². The number of nitro groups is 1. The molecular weight excluding hydrogens is 410 g/mol. The fourth-order valence-corrected chi connectivity index (χ4v) is 5.06. The van der Waals surface area contributed by atoms with Crippen LogP contribution in [0.4, 0.5) is 5.69 Å². The van der Waals surface area contributed by atoms with Crippen molar-refractivity contribution in [1.29, 1.82) is 21.2 Å². The van der Waals surface area contributed by atoms with Gasteiger partial charge in [-0.3, -0.25) is 15.5 Å². The second kappa shape index (κ2) is 7.16. The predicted molar refractivity (Wildman–Crippen MR) is 109 cm³/mol. The maximum atomic E-state index is 11.8. The number of nitrogens with zero attached hydrogens (tertiary/aromatic N) is 4. The molecule has 2 aliphatic rings. The number of para-hydroxylation sites is 1. The number of nitriles is 3. The molecule has 2 aromatic carbocycles. The zero-order chi connectivity index (χ0) is 23.1. The Kier molecular flexibility index (Phi) is 4.70. The largest absolute Gasteiger partial charge is 0.443 e. The predicted octanol–water partition coefficient (Wildman–Crippen LogP) is 4.10. The Morgan fingerprint density at radius 1 is 1.06 bits per heavy atom. The molecule has 0 radical (unpaired) electrons. The van der Waals surface area contributed by atoms with E-state index in [1.54, 1.807) is 37.3 Å². The maximum Gasteiger partial charge on any atom is 0.275 e. The number of rotatable bonds is 4. The summed E-state index contributed by atoms with van der Waals surface area (Å²) in [5.41, 5.74) is -4.17. The maximum absolute atomic E-state index is 11.8. The van der Waals surface area contributed by atoms with Crippen LogP contribution >= 0.6 is 0 Å². The van der Waals surface area contributed by atoms with E-state index in [-0.39, 0.29) is 17.7 Å². The molecule has 2 heterocycles. The van der Waals surface area contributed by atoms with Gasteiger partial charge in [0.1, 0.15) is 6.10 Å². The molecule has 2 aliphatic heterocycles. The molecule has 9 nitrogen and oxygen atoms in total. The fourth-order valence-electron chi connectivity index (χ4n) is 5.06. The first kappa shape index (κ1) is 21.0. The lowest BCUT2D eigenvalue weighted by molar-refractivity contribution is -0.387. The highest BCUT2D eigenvalue weighted by atomic mass is 16.7. The number of ether oxygens (including phenoxy) is 2. The van der Waals surface area contributed by atoms with Crippen molar-refractivity contribution in [3.05, 3.63) is 75.8 Å². The Hall–Kier alpha value is -4.26. The van der Waals surface area contributed by atoms with Gasteiger partial charge in [-0.15, -0.1) is 0 Å². The standard InChI is InChI=1S/C23H17N5O4/c1-2-18-22(14-26)20(27)32-23(18,15-8-4-3-5-9-15)31-19(21(22,12-24)13-25)16-10-6-7-11-17(16)28(29)30/h3-11,18-19,27H,2H2,1H3. The van der Waals surface area contributed by atoms with Gasteiger partial charge in [0.25, 0.3) is 5.69 Å². The molecule has 9 heteroatoms. The third-order valence-corrected chi connectivity index (χ3v) is 6.43. The Morgan fingerprint density at radius 3 is 2.25 bits per heavy atom. The summed E-state index contributed by atoms with van der Waals surface area (Å²) in [6.45, 7) is 1.75. The minimum absolute atomic E-state index is 0.0339. The van der Waals surface area contributed by atoms with E-state index in [1.165, 1.54) is 24.3 Å². The van der Waals surface area contributed by atoms with Gasteiger partial charge in [-0.1, -0.05) is 49.4 Å². The van der Waals surface area contributed by atoms with Crippen molar-refractivity contribution in [2.24, 2.45) is 16.7 Å². The molecule has 0 aliphatic carbocycles. The Labute approximate surface area is 183 Å². The van der Waals surface area contributed by atoms with E-state index in [2.05, 4.69) is 6.07 Å². The van der Waals surface area contributed by atoms with Gasteiger partial charge in [-0.2, -0.15) is 15.8 Å². The van der Waals surface area contributed by atoms with Gasteiger partial charge in [0.05, 0.1) is 34.6 Å². The van der Waals surface area contributed by atoms with Crippen molar-refractivity contribution in [1.82, 2.24) is 0 Å². The molecule has 2 aromatic rings. The number of nitro benzene ring substituents is 1. The van der Waals surface area contributed by atoms with Crippen LogP contribution in [0.2, 0.25) is 0 Å². The van der Waals surface area contributed by atoms with Gasteiger partial charge in [0.15, 0.2) is 5.41 Å². The topological polar surface area (TPSA) is 157 Å². The molecule has 158 valence electrons. The molecule has 32 heavy (non-hydrogen) atoms. The summed E-state index contributed by atoms with van der Waals surface area (Å²) in [5, 5.41) is 51.3. The SMILES string of the molecule is CCC1C2(c3ccccc3)OC(=N)C1(C#N)C(C#N)(C#N)C(c1ccccc1[N+](=O)[O-])O2. The summed E-state index contributed by atoms with van der Waals surface area (Å²) >= 11 is 0. The molecule has 0 amide bonds. The molecule has 1 N–H and O–H groups in total. The van der Waals surface area contributed by atoms with Gasteiger partial charge >= 0.3 is 0 Å². The van der Waals surface area contributed by atoms with Crippen LogP contribution in [0.1, 0.15) is 30.6 Å². The summed E-state index contributed by atoms with van der Waals surface area (Å²) in [5.74, 6) is -3.11. The van der Waals surface area contributed by atoms with E-state index < -0.39 is 39.5 Å². The van der Waals surface area contributed by atoms with Crippen molar-refractivity contribution < 1.29 is 14.4 Å². The third-order valence-electron chi connectivity index (χ3n) is 6.43. The van der Waals surface area contributed by atoms with E-state index in [0.29, 0.717) is 5.56 Å². The van der Waals surface area contributed by atoms with E-state index in [4.69, 9.17) is 14.9 Å². The molecule has 2 saturated heterocycles. The lowest BCUT2D eigenvalue weighted by Gasteiger charge is -2.49. The molecule has 2 fully saturated rings. The summed E-state index contributed by atoms with van der Waals surface area (Å²) in [7, 11) is 0. The highest BCUT2D eigenvalue weighted by Crippen LogP contribution is 2.70. The van der Waals surface area contributed by atoms with Crippen molar-refractivity contribution in [2.75, 3.05) is 0 Å². The van der Waals surface area contributed by atoms with Crippen LogP contribution in [-0.2, 0) is 15.3 Å². The number of hydrogen-bond acceptors (Lipinski definition) is 8. The van der Waals surface area contributed by atoms with E-state index in [9.17, 15) is 25.9 Å². The van der Waals surface area contributed by atoms with Crippen LogP contribution in [0.15, 0.2) is 54.6 Å². The van der Waals surface area contributed by atoms with Crippen LogP contribution < -0.4 is 0 Å². The van der Waals surface area contributed by atoms with Crippen LogP contribution in [0.5, 0.6) is 0 Å². The second-order valence-electron chi connectivity index (χ2n) is 7.69. The minimum Gasteiger partial charge on any atom is -0.443 e. The first-order valence-corrected chi connectivity index (χ1v) is 9.87. The average Bonchev–Trinajstić information content (AvgIpc) is 3.03. The lowest BCUT2D eigenvalue weighted by Crippen LogP contribution is -2.58. The first-order chi connectivity index (χ1) is 15.4. The van der Waals surface area contributed by atoms with Gasteiger partial charge in [0, 0.05) is 11.6 Å². The van der Waals surface area contributed by atoms with E-state index >= 15 is 0 Å². The number of benzene rings is 2. The molecule has 4 atom stereocenters. The normalized spacial score (nSPS) is 29.8. The van der Waals surface area contributed by atoms with Crippen molar-refractivity contribution >= 4 is 11.6 Å². The van der Waals surface area contributed by atoms with Crippen LogP contribution in [-0.4, -0.2) is 10.8 Å². The fraction of sp³-hybridized carbons (Fsp3) is 0.304. The summed E-state index contributed by atoms with van der Waals surface area (Å²) < 4.78 is 12.3. The van der Waals surface area contributed by atoms with Crippen LogP contribution in [0.3, 0.4) is 0 Å². The van der Waals surface area contributed by atoms with Gasteiger partial charge < -0.3 is 9.47 Å².